The molecule has 1 aromatic carbocycles. The molecule has 0 saturated heterocycles. The van der Waals surface area contributed by atoms with Crippen LogP contribution in [0, 0.1) is 21.4 Å². The summed E-state index contributed by atoms with van der Waals surface area (Å²) in [7, 11) is 0. The molecule has 0 bridgehead atoms. The average Bonchev–Trinajstić information content (AvgIpc) is 2.85. The zero-order valence-electron chi connectivity index (χ0n) is 9.22. The van der Waals surface area contributed by atoms with Crippen molar-refractivity contribution in [1.82, 2.24) is 20.2 Å². The Labute approximate surface area is 102 Å². The van der Waals surface area contributed by atoms with Gasteiger partial charge in [-0.2, -0.15) is 10.1 Å². The maximum absolute atomic E-state index is 10.5. The summed E-state index contributed by atoms with van der Waals surface area (Å²) in [6, 6.07) is 7.86. The summed E-state index contributed by atoms with van der Waals surface area (Å²) in [5.41, 5.74) is 0.652. The van der Waals surface area contributed by atoms with Crippen LogP contribution in [0.4, 0.5) is 5.69 Å². The number of nitriles is 1. The van der Waals surface area contributed by atoms with Crippen molar-refractivity contribution in [3.63, 3.8) is 0 Å². The molecule has 0 aliphatic rings. The summed E-state index contributed by atoms with van der Waals surface area (Å²) >= 11 is 0. The second-order valence-electron chi connectivity index (χ2n) is 3.42. The van der Waals surface area contributed by atoms with Crippen LogP contribution in [0.25, 0.3) is 11.4 Å². The van der Waals surface area contributed by atoms with Crippen LogP contribution in [-0.4, -0.2) is 25.1 Å². The molecule has 8 nitrogen and oxygen atoms in total. The van der Waals surface area contributed by atoms with Crippen LogP contribution < -0.4 is 0 Å². The van der Waals surface area contributed by atoms with E-state index < -0.39 is 4.92 Å². The van der Waals surface area contributed by atoms with E-state index in [1.807, 2.05) is 6.07 Å². The molecule has 0 unspecified atom stereocenters. The fourth-order valence-electron chi connectivity index (χ4n) is 1.34. The first-order chi connectivity index (χ1) is 8.70. The SMILES string of the molecule is N#CCCn1nnc(-c2ccc([N+](=O)[O-])cc2)n1. The molecule has 0 atom stereocenters. The van der Waals surface area contributed by atoms with Crippen molar-refractivity contribution in [1.29, 1.82) is 5.26 Å². The number of hydrogen-bond donors (Lipinski definition) is 0. The molecule has 0 saturated carbocycles. The van der Waals surface area contributed by atoms with Gasteiger partial charge in [-0.3, -0.25) is 10.1 Å². The Kier molecular flexibility index (Phi) is 3.24. The third kappa shape index (κ3) is 2.46. The first-order valence-corrected chi connectivity index (χ1v) is 5.10. The first-order valence-electron chi connectivity index (χ1n) is 5.10. The maximum Gasteiger partial charge on any atom is 0.269 e. The molecule has 0 spiro atoms. The average molecular weight is 244 g/mol. The second-order valence-corrected chi connectivity index (χ2v) is 3.42. The molecule has 0 aliphatic heterocycles. The van der Waals surface area contributed by atoms with Crippen LogP contribution in [0.5, 0.6) is 0 Å². The number of nitrogens with zero attached hydrogens (tertiary/aromatic N) is 6. The molecule has 2 aromatic rings. The molecule has 8 heteroatoms. The number of non-ortho nitro benzene ring substituents is 1. The van der Waals surface area contributed by atoms with Crippen molar-refractivity contribution in [3.05, 3.63) is 34.4 Å². The van der Waals surface area contributed by atoms with Gasteiger partial charge in [0.2, 0.25) is 5.82 Å². The summed E-state index contributed by atoms with van der Waals surface area (Å²) in [5, 5.41) is 30.6. The fraction of sp³-hybridized carbons (Fsp3) is 0.200. The van der Waals surface area contributed by atoms with Gasteiger partial charge in [0.15, 0.2) is 0 Å². The van der Waals surface area contributed by atoms with Crippen molar-refractivity contribution >= 4 is 5.69 Å². The highest BCUT2D eigenvalue weighted by Crippen LogP contribution is 2.18. The Morgan fingerprint density at radius 1 is 1.39 bits per heavy atom. The van der Waals surface area contributed by atoms with Crippen LogP contribution in [-0.2, 0) is 6.54 Å². The molecule has 0 aliphatic carbocycles. The zero-order chi connectivity index (χ0) is 13.0. The van der Waals surface area contributed by atoms with Crippen molar-refractivity contribution in [2.24, 2.45) is 0 Å². The Morgan fingerprint density at radius 3 is 2.72 bits per heavy atom. The molecule has 18 heavy (non-hydrogen) atoms. The molecule has 0 N–H and O–H groups in total. The molecule has 90 valence electrons. The number of aryl methyl sites for hydroxylation is 1. The van der Waals surface area contributed by atoms with Gasteiger partial charge < -0.3 is 0 Å². The van der Waals surface area contributed by atoms with Crippen molar-refractivity contribution < 1.29 is 4.92 Å². The predicted molar refractivity (Wildman–Crippen MR) is 60.1 cm³/mol. The summed E-state index contributed by atoms with van der Waals surface area (Å²) in [5.74, 6) is 0.378. The van der Waals surface area contributed by atoms with Crippen LogP contribution in [0.15, 0.2) is 24.3 Å². The highest BCUT2D eigenvalue weighted by Gasteiger charge is 2.09. The van der Waals surface area contributed by atoms with E-state index in [9.17, 15) is 10.1 Å². The molecule has 0 amide bonds. The minimum absolute atomic E-state index is 0.00984. The second kappa shape index (κ2) is 5.01. The summed E-state index contributed by atoms with van der Waals surface area (Å²) < 4.78 is 0. The van der Waals surface area contributed by atoms with Crippen LogP contribution in [0.3, 0.4) is 0 Å². The molecule has 0 radical (unpaired) electrons. The minimum Gasteiger partial charge on any atom is -0.258 e. The number of benzene rings is 1. The third-order valence-electron chi connectivity index (χ3n) is 2.21. The highest BCUT2D eigenvalue weighted by atomic mass is 16.6. The normalized spacial score (nSPS) is 9.94. The fourth-order valence-corrected chi connectivity index (χ4v) is 1.34. The lowest BCUT2D eigenvalue weighted by molar-refractivity contribution is -0.384. The number of hydrogen-bond acceptors (Lipinski definition) is 6. The molecule has 0 fully saturated rings. The van der Waals surface area contributed by atoms with E-state index in [0.717, 1.165) is 0 Å². The van der Waals surface area contributed by atoms with Gasteiger partial charge >= 0.3 is 0 Å². The van der Waals surface area contributed by atoms with Gasteiger partial charge in [-0.15, -0.1) is 10.2 Å². The van der Waals surface area contributed by atoms with Gasteiger partial charge in [-0.25, -0.2) is 0 Å². The van der Waals surface area contributed by atoms with Crippen LogP contribution in [0.1, 0.15) is 6.42 Å². The van der Waals surface area contributed by atoms with Gasteiger partial charge in [-0.05, 0) is 17.3 Å². The smallest absolute Gasteiger partial charge is 0.258 e. The lowest BCUT2D eigenvalue weighted by Gasteiger charge is -1.94. The lowest BCUT2D eigenvalue weighted by atomic mass is 10.2. The molecule has 1 heterocycles. The van der Waals surface area contributed by atoms with Crippen molar-refractivity contribution in [2.75, 3.05) is 0 Å². The summed E-state index contributed by atoms with van der Waals surface area (Å²) in [6.45, 7) is 0.372. The van der Waals surface area contributed by atoms with Crippen molar-refractivity contribution in [2.45, 2.75) is 13.0 Å². The third-order valence-corrected chi connectivity index (χ3v) is 2.21. The topological polar surface area (TPSA) is 111 Å². The van der Waals surface area contributed by atoms with Gasteiger partial charge in [-0.1, -0.05) is 0 Å². The van der Waals surface area contributed by atoms with E-state index in [1.165, 1.54) is 16.9 Å². The quantitative estimate of drug-likeness (QED) is 0.589. The first kappa shape index (κ1) is 11.7. The molecule has 1 aromatic heterocycles. The Morgan fingerprint density at radius 2 is 2.11 bits per heavy atom. The summed E-state index contributed by atoms with van der Waals surface area (Å²) in [6.07, 6.45) is 0.302. The van der Waals surface area contributed by atoms with E-state index in [-0.39, 0.29) is 5.69 Å². The number of nitro benzene ring substituents is 1. The van der Waals surface area contributed by atoms with E-state index in [1.54, 1.807) is 12.1 Å². The van der Waals surface area contributed by atoms with Gasteiger partial charge in [0.05, 0.1) is 24.0 Å². The molecule has 2 rings (SSSR count). The molecular formula is C10H8N6O2. The summed E-state index contributed by atoms with van der Waals surface area (Å²) in [4.78, 5) is 11.3. The Hall–Kier alpha value is -2.82. The number of tetrazole rings is 1. The number of nitro groups is 1. The van der Waals surface area contributed by atoms with Gasteiger partial charge in [0.25, 0.3) is 5.69 Å². The van der Waals surface area contributed by atoms with Crippen LogP contribution in [0.2, 0.25) is 0 Å². The number of aromatic nitrogens is 4. The lowest BCUT2D eigenvalue weighted by Crippen LogP contribution is -2.01. The molecular weight excluding hydrogens is 236 g/mol. The van der Waals surface area contributed by atoms with Gasteiger partial charge in [0, 0.05) is 17.7 Å². The van der Waals surface area contributed by atoms with E-state index >= 15 is 0 Å². The predicted octanol–water partition coefficient (Wildman–Crippen LogP) is 1.16. The monoisotopic (exact) mass is 244 g/mol. The van der Waals surface area contributed by atoms with E-state index in [2.05, 4.69) is 15.4 Å². The highest BCUT2D eigenvalue weighted by molar-refractivity contribution is 5.56. The standard InChI is InChI=1S/C10H8N6O2/c11-6-1-7-15-13-10(12-14-15)8-2-4-9(5-3-8)16(17)18/h2-5H,1,7H2. The van der Waals surface area contributed by atoms with Crippen molar-refractivity contribution in [3.8, 4) is 17.5 Å². The Bertz CT molecular complexity index is 598. The van der Waals surface area contributed by atoms with E-state index in [4.69, 9.17) is 5.26 Å². The van der Waals surface area contributed by atoms with Crippen LogP contribution >= 0.6 is 0 Å². The number of rotatable bonds is 4. The zero-order valence-corrected chi connectivity index (χ0v) is 9.22. The van der Waals surface area contributed by atoms with E-state index in [0.29, 0.717) is 24.4 Å². The Balaban J connectivity index is 2.18. The maximum atomic E-state index is 10.5. The minimum atomic E-state index is -0.471. The largest absolute Gasteiger partial charge is 0.269 e. The van der Waals surface area contributed by atoms with Gasteiger partial charge in [0.1, 0.15) is 0 Å².